The van der Waals surface area contributed by atoms with E-state index in [1.807, 2.05) is 72.6 Å². The van der Waals surface area contributed by atoms with Crippen molar-refractivity contribution in [1.82, 2.24) is 19.2 Å². The monoisotopic (exact) mass is 480 g/mol. The molecule has 0 bridgehead atoms. The predicted octanol–water partition coefficient (Wildman–Crippen LogP) is 3.26. The van der Waals surface area contributed by atoms with E-state index in [0.717, 1.165) is 16.9 Å². The number of nitrogens with zero attached hydrogens (tertiary/aromatic N) is 4. The average Bonchev–Trinajstić information content (AvgIpc) is 2.95. The van der Waals surface area contributed by atoms with E-state index in [1.54, 1.807) is 16.8 Å². The van der Waals surface area contributed by atoms with E-state index in [1.165, 1.54) is 12.1 Å². The number of benzene rings is 2. The smallest absolute Gasteiger partial charge is 0.276 e. The van der Waals surface area contributed by atoms with Gasteiger partial charge in [-0.25, -0.2) is 9.07 Å². The zero-order valence-corrected chi connectivity index (χ0v) is 20.8. The van der Waals surface area contributed by atoms with Crippen molar-refractivity contribution < 1.29 is 13.9 Å². The Labute approximate surface area is 205 Å². The second kappa shape index (κ2) is 10.6. The minimum atomic E-state index is -0.287. The van der Waals surface area contributed by atoms with Gasteiger partial charge in [0.25, 0.3) is 5.56 Å². The highest BCUT2D eigenvalue weighted by Crippen LogP contribution is 2.17. The van der Waals surface area contributed by atoms with Crippen molar-refractivity contribution in [1.29, 1.82) is 0 Å². The highest BCUT2D eigenvalue weighted by molar-refractivity contribution is 5.79. The third-order valence-corrected chi connectivity index (χ3v) is 6.62. The van der Waals surface area contributed by atoms with Crippen molar-refractivity contribution in [2.45, 2.75) is 46.1 Å². The Balaban J connectivity index is 1.57. The lowest BCUT2D eigenvalue weighted by atomic mass is 10.2. The molecule has 0 spiro atoms. The quantitative estimate of drug-likeness (QED) is 0.521. The lowest BCUT2D eigenvalue weighted by Gasteiger charge is -2.27. The Kier molecular flexibility index (Phi) is 7.52. The summed E-state index contributed by atoms with van der Waals surface area (Å²) >= 11 is 0. The van der Waals surface area contributed by atoms with Crippen LogP contribution in [0.25, 0.3) is 5.69 Å². The maximum atomic E-state index is 13.4. The fourth-order valence-electron chi connectivity index (χ4n) is 4.56. The molecule has 1 aromatic heterocycles. The molecule has 35 heavy (non-hydrogen) atoms. The van der Waals surface area contributed by atoms with Crippen molar-refractivity contribution in [3.8, 4) is 5.69 Å². The van der Waals surface area contributed by atoms with Crippen molar-refractivity contribution in [2.75, 3.05) is 19.6 Å². The summed E-state index contributed by atoms with van der Waals surface area (Å²) < 4.78 is 23.0. The lowest BCUT2D eigenvalue weighted by Crippen LogP contribution is -2.42. The van der Waals surface area contributed by atoms with Gasteiger partial charge in [-0.05, 0) is 50.6 Å². The number of ether oxygens (including phenoxy) is 1. The third kappa shape index (κ3) is 5.55. The van der Waals surface area contributed by atoms with Gasteiger partial charge in [0.05, 0.1) is 30.5 Å². The zero-order chi connectivity index (χ0) is 25.1. The molecule has 0 unspecified atom stereocenters. The molecule has 186 valence electrons. The summed E-state index contributed by atoms with van der Waals surface area (Å²) in [6.07, 6.45) is -0.241. The van der Waals surface area contributed by atoms with Crippen LogP contribution in [0.5, 0.6) is 0 Å². The van der Waals surface area contributed by atoms with E-state index in [-0.39, 0.29) is 36.0 Å². The third-order valence-electron chi connectivity index (χ3n) is 6.62. The van der Waals surface area contributed by atoms with Gasteiger partial charge in [0.1, 0.15) is 5.82 Å². The van der Waals surface area contributed by atoms with Crippen LogP contribution in [-0.2, 0) is 29.7 Å². The van der Waals surface area contributed by atoms with Gasteiger partial charge in [0.15, 0.2) is 0 Å². The SMILES string of the molecule is Cc1c(CN2CC(=O)N(C(C)C)C[C@H](OCc3ccc(F)cc3)C2)c(=O)n(-c2ccccc2)n1C. The molecule has 0 aliphatic carbocycles. The maximum Gasteiger partial charge on any atom is 0.276 e. The molecule has 1 fully saturated rings. The Hall–Kier alpha value is -3.23. The van der Waals surface area contributed by atoms with Gasteiger partial charge in [-0.2, -0.15) is 0 Å². The molecule has 1 saturated heterocycles. The first kappa shape index (κ1) is 24.9. The average molecular weight is 481 g/mol. The first-order valence-electron chi connectivity index (χ1n) is 12.0. The van der Waals surface area contributed by atoms with Crippen LogP contribution < -0.4 is 5.56 Å². The highest BCUT2D eigenvalue weighted by Gasteiger charge is 2.31. The van der Waals surface area contributed by atoms with Crippen LogP contribution in [0.2, 0.25) is 0 Å². The number of halogens is 1. The standard InChI is InChI=1S/C27H33FN4O3/c1-19(2)31-15-24(35-18-21-10-12-22(28)13-11-21)14-30(17-26(31)33)16-25-20(3)29(4)32(27(25)34)23-8-6-5-7-9-23/h5-13,19,24H,14-18H2,1-4H3/t24-/m1/s1. The first-order chi connectivity index (χ1) is 16.7. The molecule has 0 saturated carbocycles. The van der Waals surface area contributed by atoms with E-state index in [4.69, 9.17) is 4.74 Å². The zero-order valence-electron chi connectivity index (χ0n) is 20.8. The molecule has 1 aliphatic heterocycles. The van der Waals surface area contributed by atoms with E-state index >= 15 is 0 Å². The summed E-state index contributed by atoms with van der Waals surface area (Å²) in [4.78, 5) is 30.3. The fourth-order valence-corrected chi connectivity index (χ4v) is 4.56. The van der Waals surface area contributed by atoms with Crippen molar-refractivity contribution >= 4 is 5.91 Å². The van der Waals surface area contributed by atoms with Crippen LogP contribution in [0.3, 0.4) is 0 Å². The lowest BCUT2D eigenvalue weighted by molar-refractivity contribution is -0.133. The molecule has 0 radical (unpaired) electrons. The Morgan fingerprint density at radius 2 is 1.71 bits per heavy atom. The molecule has 1 aliphatic rings. The van der Waals surface area contributed by atoms with E-state index in [2.05, 4.69) is 0 Å². The minimum absolute atomic E-state index is 0.0184. The number of carbonyl (C=O) groups is 1. The number of rotatable bonds is 7. The Bertz CT molecular complexity index is 1220. The first-order valence-corrected chi connectivity index (χ1v) is 12.0. The van der Waals surface area contributed by atoms with Crippen molar-refractivity contribution in [3.05, 3.63) is 87.6 Å². The normalized spacial score (nSPS) is 17.3. The van der Waals surface area contributed by atoms with Crippen LogP contribution in [0.1, 0.15) is 30.7 Å². The van der Waals surface area contributed by atoms with Crippen molar-refractivity contribution in [2.24, 2.45) is 7.05 Å². The molecular formula is C27H33FN4O3. The molecule has 1 atom stereocenters. The van der Waals surface area contributed by atoms with Gasteiger partial charge in [0, 0.05) is 38.4 Å². The molecule has 4 rings (SSSR count). The van der Waals surface area contributed by atoms with E-state index in [0.29, 0.717) is 31.8 Å². The van der Waals surface area contributed by atoms with Crippen LogP contribution >= 0.6 is 0 Å². The molecular weight excluding hydrogens is 447 g/mol. The van der Waals surface area contributed by atoms with Crippen LogP contribution in [0.4, 0.5) is 4.39 Å². The molecule has 2 heterocycles. The summed E-state index contributed by atoms with van der Waals surface area (Å²) in [6, 6.07) is 15.8. The van der Waals surface area contributed by atoms with E-state index < -0.39 is 0 Å². The predicted molar refractivity (Wildman–Crippen MR) is 133 cm³/mol. The number of amides is 1. The summed E-state index contributed by atoms with van der Waals surface area (Å²) in [6.45, 7) is 7.78. The summed E-state index contributed by atoms with van der Waals surface area (Å²) in [5.41, 5.74) is 3.11. The molecule has 7 nitrogen and oxygen atoms in total. The van der Waals surface area contributed by atoms with Gasteiger partial charge in [-0.15, -0.1) is 0 Å². The Morgan fingerprint density at radius 1 is 1.03 bits per heavy atom. The molecule has 0 N–H and O–H groups in total. The molecule has 3 aromatic rings. The number of hydrogen-bond donors (Lipinski definition) is 0. The molecule has 1 amide bonds. The second-order valence-corrected chi connectivity index (χ2v) is 9.41. The fraction of sp³-hybridized carbons (Fsp3) is 0.407. The van der Waals surface area contributed by atoms with Crippen LogP contribution in [0, 0.1) is 12.7 Å². The second-order valence-electron chi connectivity index (χ2n) is 9.41. The van der Waals surface area contributed by atoms with Gasteiger partial charge in [0.2, 0.25) is 5.91 Å². The minimum Gasteiger partial charge on any atom is -0.370 e. The largest absolute Gasteiger partial charge is 0.370 e. The maximum absolute atomic E-state index is 13.4. The summed E-state index contributed by atoms with van der Waals surface area (Å²) in [7, 11) is 1.87. The highest BCUT2D eigenvalue weighted by atomic mass is 19.1. The van der Waals surface area contributed by atoms with Gasteiger partial charge in [-0.1, -0.05) is 30.3 Å². The summed E-state index contributed by atoms with van der Waals surface area (Å²) in [5.74, 6) is -0.268. The molecule has 8 heteroatoms. The summed E-state index contributed by atoms with van der Waals surface area (Å²) in [5, 5.41) is 0. The van der Waals surface area contributed by atoms with Crippen LogP contribution in [0.15, 0.2) is 59.4 Å². The van der Waals surface area contributed by atoms with Gasteiger partial charge >= 0.3 is 0 Å². The topological polar surface area (TPSA) is 59.7 Å². The molecule has 2 aromatic carbocycles. The van der Waals surface area contributed by atoms with Gasteiger partial charge < -0.3 is 9.64 Å². The van der Waals surface area contributed by atoms with Gasteiger partial charge in [-0.3, -0.25) is 19.2 Å². The van der Waals surface area contributed by atoms with Crippen molar-refractivity contribution in [3.63, 3.8) is 0 Å². The Morgan fingerprint density at radius 3 is 2.37 bits per heavy atom. The van der Waals surface area contributed by atoms with E-state index in [9.17, 15) is 14.0 Å². The number of hydrogen-bond acceptors (Lipinski definition) is 4. The number of para-hydroxylation sites is 1. The van der Waals surface area contributed by atoms with Crippen LogP contribution in [-0.4, -0.2) is 56.9 Å². The number of carbonyl (C=O) groups excluding carboxylic acids is 1. The number of aromatic nitrogens is 2.